The van der Waals surface area contributed by atoms with E-state index in [1.807, 2.05) is 37.3 Å². The van der Waals surface area contributed by atoms with E-state index in [-0.39, 0.29) is 28.7 Å². The van der Waals surface area contributed by atoms with E-state index in [1.165, 1.54) is 32.1 Å². The fourth-order valence-electron chi connectivity index (χ4n) is 9.86. The summed E-state index contributed by atoms with van der Waals surface area (Å²) in [5, 5.41) is 10.3. The number of carbonyl (C=O) groups is 2. The summed E-state index contributed by atoms with van der Waals surface area (Å²) in [5.41, 5.74) is 4.17. The lowest BCUT2D eigenvalue weighted by molar-refractivity contribution is -0.124. The minimum atomic E-state index is -0.224. The number of carbonyl (C=O) groups excluding carboxylic acids is 2. The summed E-state index contributed by atoms with van der Waals surface area (Å²) in [4.78, 5) is 53.1. The van der Waals surface area contributed by atoms with E-state index in [4.69, 9.17) is 9.72 Å². The van der Waals surface area contributed by atoms with Crippen molar-refractivity contribution in [1.29, 1.82) is 0 Å². The highest BCUT2D eigenvalue weighted by molar-refractivity contribution is 5.94. The number of aryl methyl sites for hydroxylation is 1. The third-order valence-electron chi connectivity index (χ3n) is 12.5. The second kappa shape index (κ2) is 15.9. The first-order chi connectivity index (χ1) is 27.0. The van der Waals surface area contributed by atoms with Gasteiger partial charge in [-0.2, -0.15) is 4.98 Å². The van der Waals surface area contributed by atoms with E-state index in [2.05, 4.69) is 50.6 Å². The Morgan fingerprint density at radius 2 is 1.73 bits per heavy atom. The normalized spacial score (nSPS) is 23.8. The van der Waals surface area contributed by atoms with E-state index < -0.39 is 0 Å². The SMILES string of the molecule is COc1cc(N2CCN(CCNC(=O)CC3(C)CC4CC(C)CC(C4)C3)CC2)ccc1Nc1ncc2c(C)cc(=O)n(-c3cccc(NC(=O)C4CC4)c3)c2n1. The summed E-state index contributed by atoms with van der Waals surface area (Å²) >= 11 is 0. The zero-order valence-electron chi connectivity index (χ0n) is 33.3. The van der Waals surface area contributed by atoms with Crippen LogP contribution in [0.4, 0.5) is 23.0 Å². The second-order valence-electron chi connectivity index (χ2n) is 17.4. The van der Waals surface area contributed by atoms with Crippen molar-refractivity contribution in [2.75, 3.05) is 61.9 Å². The van der Waals surface area contributed by atoms with Gasteiger partial charge in [0.1, 0.15) is 5.75 Å². The number of methoxy groups -OCH3 is 1. The van der Waals surface area contributed by atoms with Gasteiger partial charge in [0.25, 0.3) is 5.56 Å². The summed E-state index contributed by atoms with van der Waals surface area (Å²) in [6, 6.07) is 14.9. The predicted molar refractivity (Wildman–Crippen MR) is 221 cm³/mol. The maximum atomic E-state index is 13.4. The Morgan fingerprint density at radius 1 is 0.964 bits per heavy atom. The zero-order valence-corrected chi connectivity index (χ0v) is 33.3. The van der Waals surface area contributed by atoms with Gasteiger partial charge < -0.3 is 25.6 Å². The van der Waals surface area contributed by atoms with Gasteiger partial charge in [-0.1, -0.05) is 19.9 Å². The third kappa shape index (κ3) is 8.55. The van der Waals surface area contributed by atoms with Crippen LogP contribution in [0.2, 0.25) is 0 Å². The molecule has 0 radical (unpaired) electrons. The molecule has 0 spiro atoms. The highest BCUT2D eigenvalue weighted by Crippen LogP contribution is 2.51. The lowest BCUT2D eigenvalue weighted by Gasteiger charge is -2.47. The highest BCUT2D eigenvalue weighted by atomic mass is 16.5. The Bertz CT molecular complexity index is 2140. The van der Waals surface area contributed by atoms with Gasteiger partial charge in [0.2, 0.25) is 17.8 Å². The monoisotopic (exact) mass is 760 g/mol. The first-order valence-corrected chi connectivity index (χ1v) is 20.5. The number of ether oxygens (including phenoxy) is 1. The van der Waals surface area contributed by atoms with Crippen molar-refractivity contribution in [3.63, 3.8) is 0 Å². The van der Waals surface area contributed by atoms with E-state index in [0.29, 0.717) is 47.4 Å². The molecule has 2 aromatic heterocycles. The molecule has 4 aliphatic rings. The maximum Gasteiger partial charge on any atom is 0.257 e. The van der Waals surface area contributed by atoms with E-state index in [9.17, 15) is 14.4 Å². The number of benzene rings is 2. The van der Waals surface area contributed by atoms with E-state index in [1.54, 1.807) is 30.0 Å². The molecule has 4 aromatic rings. The van der Waals surface area contributed by atoms with Crippen molar-refractivity contribution < 1.29 is 14.3 Å². The number of hydrogen-bond donors (Lipinski definition) is 3. The van der Waals surface area contributed by atoms with Crippen LogP contribution in [-0.4, -0.2) is 77.6 Å². The zero-order chi connectivity index (χ0) is 39.0. The maximum absolute atomic E-state index is 13.4. The van der Waals surface area contributed by atoms with Crippen LogP contribution in [0.1, 0.15) is 70.8 Å². The third-order valence-corrected chi connectivity index (χ3v) is 12.5. The lowest BCUT2D eigenvalue weighted by atomic mass is 9.58. The molecule has 3 aliphatic carbocycles. The Hall–Kier alpha value is -4.97. The topological polar surface area (TPSA) is 134 Å². The van der Waals surface area contributed by atoms with Gasteiger partial charge in [0, 0.05) is 86.7 Å². The molecule has 3 saturated carbocycles. The molecular formula is C44H56N8O4. The van der Waals surface area contributed by atoms with Gasteiger partial charge in [0.05, 0.1) is 18.5 Å². The Morgan fingerprint density at radius 3 is 2.46 bits per heavy atom. The standard InChI is InChI=1S/C44H56N8O4/c1-28-18-30-21-31(19-28)25-44(3,24-30)26-39(53)45-12-13-50-14-16-51(17-15-50)34-10-11-37(38(23-34)56-4)48-43-46-27-36-29(2)20-40(54)52(41(36)49-43)35-7-5-6-33(22-35)47-42(55)32-8-9-32/h5-7,10-11,20,22-23,27-28,30-32H,8-9,12-19,21,24-26H2,1-4H3,(H,45,53)(H,47,55)(H,46,48,49). The van der Waals surface area contributed by atoms with Crippen molar-refractivity contribution >= 4 is 45.9 Å². The molecule has 1 saturated heterocycles. The van der Waals surface area contributed by atoms with Crippen LogP contribution in [0.25, 0.3) is 16.7 Å². The Balaban J connectivity index is 0.879. The van der Waals surface area contributed by atoms with Crippen LogP contribution in [0, 0.1) is 36.0 Å². The molecule has 2 atom stereocenters. The number of aromatic nitrogens is 3. The van der Waals surface area contributed by atoms with Gasteiger partial charge in [-0.05, 0) is 111 Å². The molecule has 8 rings (SSSR count). The van der Waals surface area contributed by atoms with Crippen molar-refractivity contribution in [2.45, 2.75) is 72.1 Å². The van der Waals surface area contributed by atoms with Gasteiger partial charge in [-0.25, -0.2) is 4.98 Å². The summed E-state index contributed by atoms with van der Waals surface area (Å²) in [6.45, 7) is 11.7. The number of anilines is 4. The largest absolute Gasteiger partial charge is 0.494 e. The minimum absolute atomic E-state index is 0.00614. The lowest BCUT2D eigenvalue weighted by Crippen LogP contribution is -2.48. The molecule has 2 aromatic carbocycles. The molecule has 3 heterocycles. The minimum Gasteiger partial charge on any atom is -0.494 e. The summed E-state index contributed by atoms with van der Waals surface area (Å²) in [5.74, 6) is 3.70. The first-order valence-electron chi connectivity index (χ1n) is 20.5. The summed E-state index contributed by atoms with van der Waals surface area (Å²) in [7, 11) is 1.65. The van der Waals surface area contributed by atoms with Crippen LogP contribution >= 0.6 is 0 Å². The Labute approximate surface area is 329 Å². The van der Waals surface area contributed by atoms with Crippen LogP contribution in [0.5, 0.6) is 5.75 Å². The van der Waals surface area contributed by atoms with Gasteiger partial charge in [-0.3, -0.25) is 23.9 Å². The number of nitrogens with zero attached hydrogens (tertiary/aromatic N) is 5. The molecule has 2 amide bonds. The van der Waals surface area contributed by atoms with Crippen molar-refractivity contribution in [1.82, 2.24) is 24.8 Å². The number of rotatable bonds is 12. The van der Waals surface area contributed by atoms with Crippen molar-refractivity contribution in [3.05, 3.63) is 70.6 Å². The number of fused-ring (bicyclic) bond motifs is 3. The molecule has 296 valence electrons. The summed E-state index contributed by atoms with van der Waals surface area (Å²) in [6.07, 6.45) is 10.6. The van der Waals surface area contributed by atoms with Gasteiger partial charge in [-0.15, -0.1) is 0 Å². The quantitative estimate of drug-likeness (QED) is 0.145. The predicted octanol–water partition coefficient (Wildman–Crippen LogP) is 6.67. The average Bonchev–Trinajstić information content (AvgIpc) is 4.01. The van der Waals surface area contributed by atoms with Crippen LogP contribution in [0.3, 0.4) is 0 Å². The van der Waals surface area contributed by atoms with E-state index in [0.717, 1.165) is 80.0 Å². The fraction of sp³-hybridized carbons (Fsp3) is 0.523. The molecule has 12 nitrogen and oxygen atoms in total. The first kappa shape index (κ1) is 37.9. The number of pyridine rings is 1. The van der Waals surface area contributed by atoms with Gasteiger partial charge >= 0.3 is 0 Å². The van der Waals surface area contributed by atoms with Crippen LogP contribution in [-0.2, 0) is 9.59 Å². The number of piperazine rings is 1. The highest BCUT2D eigenvalue weighted by Gasteiger charge is 2.42. The summed E-state index contributed by atoms with van der Waals surface area (Å²) < 4.78 is 7.39. The molecule has 2 unspecified atom stereocenters. The number of hydrogen-bond acceptors (Lipinski definition) is 9. The number of nitrogens with one attached hydrogen (secondary N) is 3. The smallest absolute Gasteiger partial charge is 0.257 e. The molecule has 4 fully saturated rings. The molecule has 56 heavy (non-hydrogen) atoms. The molecule has 1 aliphatic heterocycles. The molecular weight excluding hydrogens is 705 g/mol. The van der Waals surface area contributed by atoms with E-state index >= 15 is 0 Å². The van der Waals surface area contributed by atoms with Crippen molar-refractivity contribution in [2.24, 2.45) is 29.1 Å². The molecule has 2 bridgehead atoms. The molecule has 3 N–H and O–H groups in total. The fourth-order valence-corrected chi connectivity index (χ4v) is 9.86. The second-order valence-corrected chi connectivity index (χ2v) is 17.4. The Kier molecular flexibility index (Phi) is 10.8. The van der Waals surface area contributed by atoms with Crippen molar-refractivity contribution in [3.8, 4) is 11.4 Å². The number of amides is 2. The molecule has 12 heteroatoms. The van der Waals surface area contributed by atoms with Crippen LogP contribution < -0.4 is 31.1 Å². The van der Waals surface area contributed by atoms with Gasteiger partial charge in [0.15, 0.2) is 5.65 Å². The average molecular weight is 761 g/mol. The van der Waals surface area contributed by atoms with Crippen LogP contribution in [0.15, 0.2) is 59.5 Å².